The molecule has 1 unspecified atom stereocenters. The molecule has 0 aliphatic rings. The molecule has 0 radical (unpaired) electrons. The first-order valence-electron chi connectivity index (χ1n) is 3.15. The normalized spacial score (nSPS) is 12.2. The fraction of sp³-hybridized carbons (Fsp3) is 0.143. The van der Waals surface area contributed by atoms with Crippen molar-refractivity contribution in [3.05, 3.63) is 24.3 Å². The van der Waals surface area contributed by atoms with Crippen LogP contribution in [0.15, 0.2) is 24.3 Å². The topological polar surface area (TPSA) is 55.8 Å². The highest BCUT2D eigenvalue weighted by Gasteiger charge is 1.97. The third-order valence-corrected chi connectivity index (χ3v) is 1.56. The highest BCUT2D eigenvalue weighted by atomic mass is 32.2. The summed E-state index contributed by atoms with van der Waals surface area (Å²) in [5, 5.41) is 0. The molecule has 5 heteroatoms. The molecule has 1 N–H and O–H groups in total. The highest BCUT2D eigenvalue weighted by Crippen LogP contribution is 2.17. The summed E-state index contributed by atoms with van der Waals surface area (Å²) in [5.74, 6) is 1.00. The van der Waals surface area contributed by atoms with Crippen LogP contribution < -0.4 is 8.92 Å². The van der Waals surface area contributed by atoms with Crippen molar-refractivity contribution in [2.75, 3.05) is 7.11 Å². The smallest absolute Gasteiger partial charge is 0.357 e. The van der Waals surface area contributed by atoms with Gasteiger partial charge in [-0.25, -0.2) is 0 Å². The van der Waals surface area contributed by atoms with Gasteiger partial charge in [0.1, 0.15) is 11.5 Å². The zero-order chi connectivity index (χ0) is 8.97. The van der Waals surface area contributed by atoms with Crippen LogP contribution in [0.3, 0.4) is 0 Å². The monoisotopic (exact) mass is 188 g/mol. The van der Waals surface area contributed by atoms with Crippen molar-refractivity contribution in [3.63, 3.8) is 0 Å². The summed E-state index contributed by atoms with van der Waals surface area (Å²) in [7, 11) is 1.54. The largest absolute Gasteiger partial charge is 0.497 e. The first-order chi connectivity index (χ1) is 5.72. The highest BCUT2D eigenvalue weighted by molar-refractivity contribution is 7.74. The van der Waals surface area contributed by atoms with E-state index in [1.807, 2.05) is 0 Å². The Labute approximate surface area is 72.6 Å². The van der Waals surface area contributed by atoms with Gasteiger partial charge in [-0.15, -0.1) is 0 Å². The number of benzene rings is 1. The number of hydrogen-bond donors (Lipinski definition) is 1. The maximum absolute atomic E-state index is 10.2. The average molecular weight is 188 g/mol. The van der Waals surface area contributed by atoms with Gasteiger partial charge in [0.2, 0.25) is 0 Å². The lowest BCUT2D eigenvalue weighted by Crippen LogP contribution is -1.96. The SMILES string of the molecule is COc1ccc(OS(=O)O)cc1. The molecule has 0 saturated heterocycles. The maximum atomic E-state index is 10.2. The van der Waals surface area contributed by atoms with Gasteiger partial charge in [0, 0.05) is 0 Å². The molecule has 1 rings (SSSR count). The molecule has 0 amide bonds. The Bertz CT molecular complexity index is 269. The minimum absolute atomic E-state index is 0.330. The van der Waals surface area contributed by atoms with Gasteiger partial charge >= 0.3 is 11.4 Å². The molecule has 0 aromatic heterocycles. The van der Waals surface area contributed by atoms with Gasteiger partial charge in [-0.2, -0.15) is 4.21 Å². The van der Waals surface area contributed by atoms with Crippen LogP contribution in [0.2, 0.25) is 0 Å². The Morgan fingerprint density at radius 2 is 1.75 bits per heavy atom. The van der Waals surface area contributed by atoms with Crippen LogP contribution in [0.25, 0.3) is 0 Å². The summed E-state index contributed by atoms with van der Waals surface area (Å²) in [5.41, 5.74) is 0. The van der Waals surface area contributed by atoms with Crippen LogP contribution in [-0.2, 0) is 11.4 Å². The van der Waals surface area contributed by atoms with Crippen molar-refractivity contribution >= 4 is 11.4 Å². The van der Waals surface area contributed by atoms with Gasteiger partial charge in [0.25, 0.3) is 0 Å². The summed E-state index contributed by atoms with van der Waals surface area (Å²) in [6.45, 7) is 0. The summed E-state index contributed by atoms with van der Waals surface area (Å²) in [4.78, 5) is 0. The van der Waals surface area contributed by atoms with E-state index in [2.05, 4.69) is 4.18 Å². The van der Waals surface area contributed by atoms with Crippen LogP contribution in [-0.4, -0.2) is 15.9 Å². The molecular formula is C7H8O4S. The van der Waals surface area contributed by atoms with Gasteiger partial charge in [-0.3, -0.25) is 4.55 Å². The van der Waals surface area contributed by atoms with Crippen LogP contribution in [0.5, 0.6) is 11.5 Å². The van der Waals surface area contributed by atoms with Crippen molar-refractivity contribution < 1.29 is 17.7 Å². The van der Waals surface area contributed by atoms with Crippen LogP contribution in [0, 0.1) is 0 Å². The molecule has 0 bridgehead atoms. The molecule has 0 saturated carbocycles. The lowest BCUT2D eigenvalue weighted by atomic mass is 10.3. The van der Waals surface area contributed by atoms with E-state index in [-0.39, 0.29) is 0 Å². The third-order valence-electron chi connectivity index (χ3n) is 1.23. The lowest BCUT2D eigenvalue weighted by Gasteiger charge is -2.01. The Morgan fingerprint density at radius 1 is 1.25 bits per heavy atom. The number of ether oxygens (including phenoxy) is 1. The second-order valence-corrected chi connectivity index (χ2v) is 2.58. The molecule has 0 aliphatic heterocycles. The second kappa shape index (κ2) is 4.08. The van der Waals surface area contributed by atoms with E-state index in [0.29, 0.717) is 11.5 Å². The van der Waals surface area contributed by atoms with Crippen LogP contribution >= 0.6 is 0 Å². The summed E-state index contributed by atoms with van der Waals surface area (Å²) < 4.78 is 27.9. The first-order valence-corrected chi connectivity index (χ1v) is 4.19. The number of methoxy groups -OCH3 is 1. The van der Waals surface area contributed by atoms with Gasteiger partial charge in [0.15, 0.2) is 0 Å². The predicted octanol–water partition coefficient (Wildman–Crippen LogP) is 1.21. The van der Waals surface area contributed by atoms with E-state index in [9.17, 15) is 4.21 Å². The van der Waals surface area contributed by atoms with E-state index in [0.717, 1.165) is 0 Å². The first kappa shape index (κ1) is 9.02. The van der Waals surface area contributed by atoms with Crippen molar-refractivity contribution in [2.24, 2.45) is 0 Å². The Morgan fingerprint density at radius 3 is 2.17 bits per heavy atom. The second-order valence-electron chi connectivity index (χ2n) is 1.98. The molecule has 12 heavy (non-hydrogen) atoms. The Kier molecular flexibility index (Phi) is 3.07. The molecule has 0 heterocycles. The van der Waals surface area contributed by atoms with E-state index >= 15 is 0 Å². The molecule has 1 aromatic carbocycles. The fourth-order valence-corrected chi connectivity index (χ4v) is 0.989. The zero-order valence-corrected chi connectivity index (χ0v) is 7.21. The fourth-order valence-electron chi connectivity index (χ4n) is 0.714. The van der Waals surface area contributed by atoms with Crippen molar-refractivity contribution in [3.8, 4) is 11.5 Å². The van der Waals surface area contributed by atoms with Gasteiger partial charge in [-0.05, 0) is 24.3 Å². The Hall–Kier alpha value is -1.07. The minimum Gasteiger partial charge on any atom is -0.497 e. The molecule has 0 spiro atoms. The van der Waals surface area contributed by atoms with Gasteiger partial charge < -0.3 is 8.92 Å². The third kappa shape index (κ3) is 2.52. The van der Waals surface area contributed by atoms with E-state index < -0.39 is 11.4 Å². The molecule has 1 aromatic rings. The zero-order valence-electron chi connectivity index (χ0n) is 6.39. The van der Waals surface area contributed by atoms with Crippen LogP contribution in [0.4, 0.5) is 0 Å². The molecular weight excluding hydrogens is 180 g/mol. The standard InChI is InChI=1S/C7H8O4S/c1-10-6-2-4-7(5-3-6)11-12(8)9/h2-5H,1H3,(H,8,9). The Balaban J connectivity index is 2.71. The van der Waals surface area contributed by atoms with Crippen molar-refractivity contribution in [2.45, 2.75) is 0 Å². The van der Waals surface area contributed by atoms with Crippen molar-refractivity contribution in [1.82, 2.24) is 0 Å². The lowest BCUT2D eigenvalue weighted by molar-refractivity contribution is 0.413. The van der Waals surface area contributed by atoms with Gasteiger partial charge in [0.05, 0.1) is 7.11 Å². The van der Waals surface area contributed by atoms with E-state index in [1.165, 1.54) is 0 Å². The molecule has 0 fully saturated rings. The quantitative estimate of drug-likeness (QED) is 0.724. The van der Waals surface area contributed by atoms with Crippen molar-refractivity contribution in [1.29, 1.82) is 0 Å². The van der Waals surface area contributed by atoms with Gasteiger partial charge in [-0.1, -0.05) is 0 Å². The molecule has 1 atom stereocenters. The minimum atomic E-state index is -2.27. The summed E-state index contributed by atoms with van der Waals surface area (Å²) >= 11 is -2.27. The molecule has 0 aliphatic carbocycles. The molecule has 66 valence electrons. The summed E-state index contributed by atoms with van der Waals surface area (Å²) in [6.07, 6.45) is 0. The van der Waals surface area contributed by atoms with E-state index in [1.54, 1.807) is 31.4 Å². The number of rotatable bonds is 3. The van der Waals surface area contributed by atoms with E-state index in [4.69, 9.17) is 9.29 Å². The number of hydrogen-bond acceptors (Lipinski definition) is 3. The predicted molar refractivity (Wildman–Crippen MR) is 44.4 cm³/mol. The summed E-state index contributed by atoms with van der Waals surface area (Å²) in [6, 6.07) is 6.38. The van der Waals surface area contributed by atoms with Crippen LogP contribution in [0.1, 0.15) is 0 Å². The molecule has 4 nitrogen and oxygen atoms in total. The maximum Gasteiger partial charge on any atom is 0.357 e. The average Bonchev–Trinajstić information content (AvgIpc) is 2.05.